The Kier molecular flexibility index (Phi) is 11.8. The van der Waals surface area contributed by atoms with E-state index in [1.165, 1.54) is 0 Å². The molecule has 1 nitrogen and oxygen atoms in total. The fourth-order valence-electron chi connectivity index (χ4n) is 1.09. The minimum absolute atomic E-state index is 0. The van der Waals surface area contributed by atoms with Crippen molar-refractivity contribution in [2.24, 2.45) is 0 Å². The fourth-order valence-corrected chi connectivity index (χ4v) is 1.67. The van der Waals surface area contributed by atoms with E-state index in [1.807, 2.05) is 13.2 Å². The molecule has 0 heterocycles. The molecule has 0 radical (unpaired) electrons. The van der Waals surface area contributed by atoms with E-state index in [1.54, 1.807) is 23.7 Å². The molecular formula is C9H18BF3KNS. The predicted molar refractivity (Wildman–Crippen MR) is 63.3 cm³/mol. The summed E-state index contributed by atoms with van der Waals surface area (Å²) in [7, 11) is 1.71. The van der Waals surface area contributed by atoms with Gasteiger partial charge in [-0.05, 0) is 38.9 Å². The van der Waals surface area contributed by atoms with Crippen LogP contribution in [0.25, 0.3) is 0 Å². The van der Waals surface area contributed by atoms with Crippen molar-refractivity contribution in [3.05, 3.63) is 12.1 Å². The Balaban J connectivity index is 0. The van der Waals surface area contributed by atoms with Crippen LogP contribution in [-0.2, 0) is 0 Å². The second kappa shape index (κ2) is 9.47. The van der Waals surface area contributed by atoms with Crippen LogP contribution in [0.5, 0.6) is 0 Å². The molecule has 1 atom stereocenters. The maximum absolute atomic E-state index is 12.3. The Morgan fingerprint density at radius 2 is 1.94 bits per heavy atom. The quantitative estimate of drug-likeness (QED) is 0.604. The first-order valence-corrected chi connectivity index (χ1v) is 6.25. The second-order valence-corrected chi connectivity index (χ2v) is 4.76. The van der Waals surface area contributed by atoms with Crippen molar-refractivity contribution in [1.29, 1.82) is 0 Å². The molecule has 16 heavy (non-hydrogen) atoms. The van der Waals surface area contributed by atoms with Gasteiger partial charge in [-0.3, -0.25) is 0 Å². The molecule has 0 amide bonds. The van der Waals surface area contributed by atoms with E-state index < -0.39 is 12.4 Å². The summed E-state index contributed by atoms with van der Waals surface area (Å²) in [5.74, 6) is 0.967. The third-order valence-corrected chi connectivity index (χ3v) is 3.05. The third-order valence-electron chi connectivity index (χ3n) is 2.41. The van der Waals surface area contributed by atoms with E-state index in [0.29, 0.717) is 0 Å². The van der Waals surface area contributed by atoms with Crippen LogP contribution < -0.4 is 51.4 Å². The first-order chi connectivity index (χ1) is 6.79. The van der Waals surface area contributed by atoms with E-state index in [0.717, 1.165) is 12.2 Å². The van der Waals surface area contributed by atoms with Crippen LogP contribution in [0.15, 0.2) is 12.1 Å². The number of likely N-dealkylation sites (N-methyl/N-ethyl adjacent to an activating group) is 1. The van der Waals surface area contributed by atoms with Gasteiger partial charge in [-0.15, -0.1) is 12.1 Å². The van der Waals surface area contributed by atoms with Gasteiger partial charge in [0.25, 0.3) is 0 Å². The van der Waals surface area contributed by atoms with Crippen LogP contribution in [0.2, 0.25) is 0 Å². The maximum Gasteiger partial charge on any atom is 1.00 e. The SMILES string of the molecule is C=C(CN(C)C(C)CCSC)[B-](F)(F)F.[K+]. The number of nitrogens with zero attached hydrogens (tertiary/aromatic N) is 1. The number of thioether (sulfide) groups is 1. The average molecular weight is 279 g/mol. The zero-order valence-corrected chi connectivity index (χ0v) is 14.4. The normalized spacial score (nSPS) is 13.4. The molecule has 7 heteroatoms. The van der Waals surface area contributed by atoms with Gasteiger partial charge < -0.3 is 17.8 Å². The maximum atomic E-state index is 12.3. The Morgan fingerprint density at radius 3 is 2.31 bits per heavy atom. The van der Waals surface area contributed by atoms with Gasteiger partial charge in [0, 0.05) is 6.04 Å². The standard InChI is InChI=1S/C9H18BF3NS.K/c1-8(10(11,12)13)7-14(3)9(2)5-6-15-4;/h9H,1,5-7H2,2-4H3;/q-1;+1. The molecule has 0 saturated carbocycles. The van der Waals surface area contributed by atoms with Crippen molar-refractivity contribution in [3.8, 4) is 0 Å². The first-order valence-electron chi connectivity index (χ1n) is 4.85. The summed E-state index contributed by atoms with van der Waals surface area (Å²) < 4.78 is 36.8. The van der Waals surface area contributed by atoms with Gasteiger partial charge in [-0.2, -0.15) is 11.8 Å². The Labute approximate surface area is 143 Å². The fraction of sp³-hybridized carbons (Fsp3) is 0.778. The van der Waals surface area contributed by atoms with Gasteiger partial charge in [-0.25, -0.2) is 0 Å². The first kappa shape index (κ1) is 19.9. The van der Waals surface area contributed by atoms with E-state index >= 15 is 0 Å². The zero-order chi connectivity index (χ0) is 12.1. The minimum Gasteiger partial charge on any atom is -0.445 e. The van der Waals surface area contributed by atoms with Crippen LogP contribution in [0.1, 0.15) is 13.3 Å². The molecule has 0 aromatic heterocycles. The van der Waals surface area contributed by atoms with E-state index in [9.17, 15) is 12.9 Å². The number of rotatable bonds is 7. The Hall–Kier alpha value is 1.54. The number of halogens is 3. The largest absolute Gasteiger partial charge is 1.00 e. The van der Waals surface area contributed by atoms with Crippen LogP contribution in [-0.4, -0.2) is 43.5 Å². The molecule has 0 aliphatic rings. The summed E-state index contributed by atoms with van der Waals surface area (Å²) in [6.45, 7) is 0.0501. The van der Waals surface area contributed by atoms with Crippen molar-refractivity contribution in [2.45, 2.75) is 19.4 Å². The van der Waals surface area contributed by atoms with Gasteiger partial charge in [0.05, 0.1) is 0 Å². The van der Waals surface area contributed by atoms with Crippen molar-refractivity contribution >= 4 is 18.7 Å². The minimum atomic E-state index is -4.89. The van der Waals surface area contributed by atoms with Gasteiger partial charge >= 0.3 is 58.4 Å². The summed E-state index contributed by atoms with van der Waals surface area (Å²) in [6.07, 6.45) is 2.89. The number of hydrogen-bond acceptors (Lipinski definition) is 2. The van der Waals surface area contributed by atoms with Gasteiger partial charge in [0.2, 0.25) is 0 Å². The van der Waals surface area contributed by atoms with Crippen LogP contribution in [0.4, 0.5) is 12.9 Å². The van der Waals surface area contributed by atoms with Crippen LogP contribution >= 0.6 is 11.8 Å². The smallest absolute Gasteiger partial charge is 0.445 e. The number of hydrogen-bond donors (Lipinski definition) is 0. The van der Waals surface area contributed by atoms with Gasteiger partial charge in [0.15, 0.2) is 0 Å². The Bertz CT molecular complexity index is 213. The molecule has 0 spiro atoms. The molecule has 0 rings (SSSR count). The van der Waals surface area contributed by atoms with Crippen LogP contribution in [0.3, 0.4) is 0 Å². The van der Waals surface area contributed by atoms with Crippen molar-refractivity contribution < 1.29 is 64.3 Å². The monoisotopic (exact) mass is 279 g/mol. The summed E-state index contributed by atoms with van der Waals surface area (Å²) in [4.78, 5) is 1.70. The molecule has 0 N–H and O–H groups in total. The zero-order valence-electron chi connectivity index (χ0n) is 10.5. The molecule has 0 aliphatic carbocycles. The molecule has 1 unspecified atom stereocenters. The molecule has 90 valence electrons. The van der Waals surface area contributed by atoms with Crippen molar-refractivity contribution in [3.63, 3.8) is 0 Å². The Morgan fingerprint density at radius 1 is 1.44 bits per heavy atom. The second-order valence-electron chi connectivity index (χ2n) is 3.78. The van der Waals surface area contributed by atoms with E-state index in [2.05, 4.69) is 6.58 Å². The molecule has 0 aromatic carbocycles. The van der Waals surface area contributed by atoms with Gasteiger partial charge in [0.1, 0.15) is 0 Å². The molecular weight excluding hydrogens is 261 g/mol. The third kappa shape index (κ3) is 8.61. The summed E-state index contributed by atoms with van der Waals surface area (Å²) in [5.41, 5.74) is -0.617. The van der Waals surface area contributed by atoms with E-state index in [4.69, 9.17) is 0 Å². The predicted octanol–water partition coefficient (Wildman–Crippen LogP) is 0.00660. The van der Waals surface area contributed by atoms with Crippen molar-refractivity contribution in [1.82, 2.24) is 4.90 Å². The molecule has 0 bridgehead atoms. The van der Waals surface area contributed by atoms with Crippen LogP contribution in [0, 0.1) is 0 Å². The van der Waals surface area contributed by atoms with Gasteiger partial charge in [-0.1, -0.05) is 0 Å². The topological polar surface area (TPSA) is 3.24 Å². The summed E-state index contributed by atoms with van der Waals surface area (Å²) in [6, 6.07) is 0.160. The molecule has 0 fully saturated rings. The van der Waals surface area contributed by atoms with Crippen molar-refractivity contribution in [2.75, 3.05) is 25.6 Å². The molecule has 0 saturated heterocycles. The summed E-state index contributed by atoms with van der Waals surface area (Å²) >= 11 is 1.70. The van der Waals surface area contributed by atoms with E-state index in [-0.39, 0.29) is 64.0 Å². The molecule has 0 aliphatic heterocycles. The summed E-state index contributed by atoms with van der Waals surface area (Å²) in [5, 5.41) is 0. The average Bonchev–Trinajstić information content (AvgIpc) is 2.12. The molecule has 0 aromatic rings.